The van der Waals surface area contributed by atoms with Gasteiger partial charge in [0, 0.05) is 6.92 Å². The number of halogens is 1. The second-order valence-corrected chi connectivity index (χ2v) is 4.99. The van der Waals surface area contributed by atoms with Crippen molar-refractivity contribution >= 4 is 17.6 Å². The standard InChI is InChI=1S/C17H16FNO4/c1-10(12-6-4-3-5-7-12)23-15-9-13(17(21)22)8-14(18)16(15)19-11(2)20/h3-10H,1-2H3,(H,19,20)(H,21,22)/t10-/m0/s1. The van der Waals surface area contributed by atoms with E-state index in [2.05, 4.69) is 5.32 Å². The summed E-state index contributed by atoms with van der Waals surface area (Å²) >= 11 is 0. The Bertz CT molecular complexity index is 731. The van der Waals surface area contributed by atoms with E-state index in [0.29, 0.717) is 0 Å². The zero-order chi connectivity index (χ0) is 17.0. The average molecular weight is 317 g/mol. The minimum Gasteiger partial charge on any atom is -0.484 e. The molecule has 120 valence electrons. The van der Waals surface area contributed by atoms with Gasteiger partial charge in [-0.25, -0.2) is 9.18 Å². The van der Waals surface area contributed by atoms with Gasteiger partial charge < -0.3 is 15.2 Å². The van der Waals surface area contributed by atoms with Crippen LogP contribution in [-0.2, 0) is 4.79 Å². The van der Waals surface area contributed by atoms with Crippen molar-refractivity contribution in [1.82, 2.24) is 0 Å². The molecule has 0 bridgehead atoms. The van der Waals surface area contributed by atoms with E-state index in [1.54, 1.807) is 6.92 Å². The van der Waals surface area contributed by atoms with Crippen molar-refractivity contribution in [3.8, 4) is 5.75 Å². The van der Waals surface area contributed by atoms with Crippen molar-refractivity contribution in [3.05, 3.63) is 59.4 Å². The van der Waals surface area contributed by atoms with Crippen LogP contribution in [0.1, 0.15) is 35.9 Å². The normalized spacial score (nSPS) is 11.6. The first kappa shape index (κ1) is 16.5. The molecule has 1 amide bonds. The molecule has 23 heavy (non-hydrogen) atoms. The summed E-state index contributed by atoms with van der Waals surface area (Å²) in [6.45, 7) is 2.98. The lowest BCUT2D eigenvalue weighted by atomic mass is 10.1. The minimum absolute atomic E-state index is 0.0334. The van der Waals surface area contributed by atoms with E-state index in [0.717, 1.165) is 11.6 Å². The molecule has 0 radical (unpaired) electrons. The van der Waals surface area contributed by atoms with Gasteiger partial charge in [-0.3, -0.25) is 4.79 Å². The Kier molecular flexibility index (Phi) is 4.95. The molecule has 0 aliphatic heterocycles. The van der Waals surface area contributed by atoms with Crippen LogP contribution >= 0.6 is 0 Å². The highest BCUT2D eigenvalue weighted by Gasteiger charge is 2.19. The molecule has 2 aromatic rings. The SMILES string of the molecule is CC(=O)Nc1c(F)cc(C(=O)O)cc1O[C@@H](C)c1ccccc1. The van der Waals surface area contributed by atoms with Crippen LogP contribution in [0.4, 0.5) is 10.1 Å². The molecule has 0 spiro atoms. The number of carboxylic acid groups (broad SMARTS) is 1. The van der Waals surface area contributed by atoms with E-state index in [4.69, 9.17) is 9.84 Å². The molecule has 6 heteroatoms. The third-order valence-corrected chi connectivity index (χ3v) is 3.17. The molecule has 0 saturated heterocycles. The lowest BCUT2D eigenvalue weighted by Gasteiger charge is -2.19. The summed E-state index contributed by atoms with van der Waals surface area (Å²) in [7, 11) is 0. The van der Waals surface area contributed by atoms with Crippen molar-refractivity contribution in [2.75, 3.05) is 5.32 Å². The molecule has 0 aliphatic carbocycles. The zero-order valence-electron chi connectivity index (χ0n) is 12.7. The molecule has 0 aromatic heterocycles. The number of carbonyl (C=O) groups excluding carboxylic acids is 1. The molecule has 5 nitrogen and oxygen atoms in total. The number of rotatable bonds is 5. The Labute approximate surface area is 132 Å². The molecule has 1 atom stereocenters. The maximum Gasteiger partial charge on any atom is 0.335 e. The van der Waals surface area contributed by atoms with Gasteiger partial charge in [0.2, 0.25) is 5.91 Å². The van der Waals surface area contributed by atoms with E-state index in [1.165, 1.54) is 13.0 Å². The fourth-order valence-electron chi connectivity index (χ4n) is 2.08. The third kappa shape index (κ3) is 4.06. The van der Waals surface area contributed by atoms with Crippen LogP contribution in [0.5, 0.6) is 5.75 Å². The Morgan fingerprint density at radius 2 is 1.87 bits per heavy atom. The maximum absolute atomic E-state index is 14.1. The summed E-state index contributed by atoms with van der Waals surface area (Å²) < 4.78 is 19.8. The fourth-order valence-corrected chi connectivity index (χ4v) is 2.08. The highest BCUT2D eigenvalue weighted by Crippen LogP contribution is 2.33. The van der Waals surface area contributed by atoms with Gasteiger partial charge in [0.1, 0.15) is 17.5 Å². The molecule has 0 unspecified atom stereocenters. The summed E-state index contributed by atoms with van der Waals surface area (Å²) in [6.07, 6.45) is -0.452. The van der Waals surface area contributed by atoms with Crippen molar-refractivity contribution in [2.45, 2.75) is 20.0 Å². The van der Waals surface area contributed by atoms with Crippen LogP contribution in [0.15, 0.2) is 42.5 Å². The number of nitrogens with one attached hydrogen (secondary N) is 1. The number of ether oxygens (including phenoxy) is 1. The number of hydrogen-bond acceptors (Lipinski definition) is 3. The number of aromatic carboxylic acids is 1. The average Bonchev–Trinajstić information content (AvgIpc) is 2.50. The van der Waals surface area contributed by atoms with E-state index in [1.807, 2.05) is 30.3 Å². The van der Waals surface area contributed by atoms with Crippen LogP contribution in [0, 0.1) is 5.82 Å². The first-order valence-electron chi connectivity index (χ1n) is 6.94. The Balaban J connectivity index is 2.41. The van der Waals surface area contributed by atoms with Gasteiger partial charge in [-0.05, 0) is 24.6 Å². The van der Waals surface area contributed by atoms with Gasteiger partial charge in [-0.2, -0.15) is 0 Å². The topological polar surface area (TPSA) is 75.6 Å². The van der Waals surface area contributed by atoms with E-state index in [-0.39, 0.29) is 17.0 Å². The fraction of sp³-hybridized carbons (Fsp3) is 0.176. The van der Waals surface area contributed by atoms with Gasteiger partial charge in [0.05, 0.1) is 5.56 Å². The monoisotopic (exact) mass is 317 g/mol. The van der Waals surface area contributed by atoms with Crippen LogP contribution in [-0.4, -0.2) is 17.0 Å². The van der Waals surface area contributed by atoms with Crippen molar-refractivity contribution in [2.24, 2.45) is 0 Å². The summed E-state index contributed by atoms with van der Waals surface area (Å²) in [5.41, 5.74) is 0.402. The number of benzene rings is 2. The quantitative estimate of drug-likeness (QED) is 0.883. The Morgan fingerprint density at radius 1 is 1.22 bits per heavy atom. The minimum atomic E-state index is -1.28. The maximum atomic E-state index is 14.1. The first-order chi connectivity index (χ1) is 10.9. The summed E-state index contributed by atoms with van der Waals surface area (Å²) in [4.78, 5) is 22.3. The molecule has 0 fully saturated rings. The molecule has 0 heterocycles. The van der Waals surface area contributed by atoms with Gasteiger partial charge in [0.15, 0.2) is 5.82 Å². The highest BCUT2D eigenvalue weighted by molar-refractivity contribution is 5.93. The number of carbonyl (C=O) groups is 2. The van der Waals surface area contributed by atoms with E-state index in [9.17, 15) is 14.0 Å². The number of anilines is 1. The summed E-state index contributed by atoms with van der Waals surface area (Å²) in [5.74, 6) is -2.66. The first-order valence-corrected chi connectivity index (χ1v) is 6.94. The van der Waals surface area contributed by atoms with Gasteiger partial charge in [-0.15, -0.1) is 0 Å². The molecule has 0 aliphatic rings. The van der Waals surface area contributed by atoms with Crippen molar-refractivity contribution in [1.29, 1.82) is 0 Å². The van der Waals surface area contributed by atoms with Crippen molar-refractivity contribution in [3.63, 3.8) is 0 Å². The lowest BCUT2D eigenvalue weighted by Crippen LogP contribution is -2.12. The Hall–Kier alpha value is -2.89. The van der Waals surface area contributed by atoms with Gasteiger partial charge >= 0.3 is 5.97 Å². The molecule has 2 aromatic carbocycles. The molecule has 2 rings (SSSR count). The predicted octanol–water partition coefficient (Wildman–Crippen LogP) is 3.62. The number of hydrogen-bond donors (Lipinski definition) is 2. The zero-order valence-corrected chi connectivity index (χ0v) is 12.7. The number of amides is 1. The van der Waals surface area contributed by atoms with Crippen LogP contribution < -0.4 is 10.1 Å². The smallest absolute Gasteiger partial charge is 0.335 e. The highest BCUT2D eigenvalue weighted by atomic mass is 19.1. The largest absolute Gasteiger partial charge is 0.484 e. The summed E-state index contributed by atoms with van der Waals surface area (Å²) in [6, 6.07) is 11.2. The van der Waals surface area contributed by atoms with Crippen LogP contribution in [0.3, 0.4) is 0 Å². The molecular formula is C17H16FNO4. The lowest BCUT2D eigenvalue weighted by molar-refractivity contribution is -0.114. The number of carboxylic acids is 1. The summed E-state index contributed by atoms with van der Waals surface area (Å²) in [5, 5.41) is 11.4. The third-order valence-electron chi connectivity index (χ3n) is 3.17. The molecule has 0 saturated carbocycles. The van der Waals surface area contributed by atoms with E-state index < -0.39 is 23.8 Å². The van der Waals surface area contributed by atoms with Gasteiger partial charge in [-0.1, -0.05) is 30.3 Å². The second kappa shape index (κ2) is 6.91. The van der Waals surface area contributed by atoms with Crippen LogP contribution in [0.25, 0.3) is 0 Å². The Morgan fingerprint density at radius 3 is 2.43 bits per heavy atom. The van der Waals surface area contributed by atoms with Crippen molar-refractivity contribution < 1.29 is 23.8 Å². The molecule has 2 N–H and O–H groups in total. The predicted molar refractivity (Wildman–Crippen MR) is 83.1 cm³/mol. The second-order valence-electron chi connectivity index (χ2n) is 4.99. The van der Waals surface area contributed by atoms with Crippen LogP contribution in [0.2, 0.25) is 0 Å². The van der Waals surface area contributed by atoms with E-state index >= 15 is 0 Å². The molecular weight excluding hydrogens is 301 g/mol. The van der Waals surface area contributed by atoms with Gasteiger partial charge in [0.25, 0.3) is 0 Å².